The van der Waals surface area contributed by atoms with Gasteiger partial charge in [-0.2, -0.15) is 0 Å². The quantitative estimate of drug-likeness (QED) is 0.908. The van der Waals surface area contributed by atoms with Crippen LogP contribution in [0, 0.1) is 5.82 Å². The van der Waals surface area contributed by atoms with E-state index in [1.807, 2.05) is 11.0 Å². The Hall–Kier alpha value is -2.96. The summed E-state index contributed by atoms with van der Waals surface area (Å²) in [5.41, 5.74) is 1.30. The van der Waals surface area contributed by atoms with Gasteiger partial charge in [0.05, 0.1) is 5.56 Å². The summed E-state index contributed by atoms with van der Waals surface area (Å²) in [6.07, 6.45) is 1.55. The van der Waals surface area contributed by atoms with Crippen LogP contribution >= 0.6 is 0 Å². The fourth-order valence-electron chi connectivity index (χ4n) is 2.84. The summed E-state index contributed by atoms with van der Waals surface area (Å²) in [5.74, 6) is 0.354. The summed E-state index contributed by atoms with van der Waals surface area (Å²) in [4.78, 5) is 31.9. The Morgan fingerprint density at radius 2 is 1.77 bits per heavy atom. The highest BCUT2D eigenvalue weighted by Crippen LogP contribution is 2.14. The lowest BCUT2D eigenvalue weighted by Gasteiger charge is -2.34. The summed E-state index contributed by atoms with van der Waals surface area (Å²) < 4.78 is 12.9. The molecule has 2 aromatic rings. The third kappa shape index (κ3) is 4.36. The molecule has 1 aromatic heterocycles. The van der Waals surface area contributed by atoms with E-state index in [9.17, 15) is 14.0 Å². The second-order valence-electron chi connectivity index (χ2n) is 6.21. The maximum absolute atomic E-state index is 12.9. The molecule has 1 aliphatic rings. The number of pyridine rings is 1. The first kappa shape index (κ1) is 17.8. The molecule has 0 saturated carbocycles. The lowest BCUT2D eigenvalue weighted by Crippen LogP contribution is -2.48. The van der Waals surface area contributed by atoms with Crippen molar-refractivity contribution in [3.63, 3.8) is 0 Å². The molecule has 1 aromatic carbocycles. The van der Waals surface area contributed by atoms with Crippen LogP contribution in [0.4, 0.5) is 10.2 Å². The number of benzene rings is 1. The lowest BCUT2D eigenvalue weighted by molar-refractivity contribution is -0.129. The van der Waals surface area contributed by atoms with Crippen molar-refractivity contribution in [2.45, 2.75) is 13.5 Å². The molecular formula is C19H21FN4O2. The highest BCUT2D eigenvalue weighted by atomic mass is 19.1. The van der Waals surface area contributed by atoms with Crippen LogP contribution in [0.25, 0.3) is 0 Å². The smallest absolute Gasteiger partial charge is 0.253 e. The number of nitrogens with one attached hydrogen (secondary N) is 1. The second kappa shape index (κ2) is 7.95. The Kier molecular flexibility index (Phi) is 5.46. The SMILES string of the molecule is CC(=O)N1CCN(c2ccc(C(=O)NCc3ccc(F)cc3)cn2)CC1. The Morgan fingerprint density at radius 3 is 2.35 bits per heavy atom. The monoisotopic (exact) mass is 356 g/mol. The zero-order chi connectivity index (χ0) is 18.5. The summed E-state index contributed by atoms with van der Waals surface area (Å²) in [6, 6.07) is 9.55. The molecule has 0 radical (unpaired) electrons. The molecule has 3 rings (SSSR count). The van der Waals surface area contributed by atoms with Gasteiger partial charge in [-0.15, -0.1) is 0 Å². The number of nitrogens with zero attached hydrogens (tertiary/aromatic N) is 3. The van der Waals surface area contributed by atoms with Crippen LogP contribution in [0.3, 0.4) is 0 Å². The van der Waals surface area contributed by atoms with E-state index in [1.165, 1.54) is 12.1 Å². The van der Waals surface area contributed by atoms with Gasteiger partial charge < -0.3 is 15.1 Å². The Labute approximate surface area is 151 Å². The molecule has 2 heterocycles. The first-order valence-corrected chi connectivity index (χ1v) is 8.52. The minimum absolute atomic E-state index is 0.0887. The molecule has 2 amide bonds. The molecule has 7 heteroatoms. The summed E-state index contributed by atoms with van der Waals surface area (Å²) in [6.45, 7) is 4.71. The molecule has 0 unspecified atom stereocenters. The minimum Gasteiger partial charge on any atom is -0.353 e. The number of carbonyl (C=O) groups excluding carboxylic acids is 2. The third-order valence-electron chi connectivity index (χ3n) is 4.43. The zero-order valence-corrected chi connectivity index (χ0v) is 14.6. The van der Waals surface area contributed by atoms with Crippen molar-refractivity contribution >= 4 is 17.6 Å². The maximum Gasteiger partial charge on any atom is 0.253 e. The number of hydrogen-bond acceptors (Lipinski definition) is 4. The van der Waals surface area contributed by atoms with Gasteiger partial charge in [0.15, 0.2) is 0 Å². The number of aromatic nitrogens is 1. The Balaban J connectivity index is 1.54. The number of amides is 2. The van der Waals surface area contributed by atoms with Crippen molar-refractivity contribution in [3.8, 4) is 0 Å². The van der Waals surface area contributed by atoms with Gasteiger partial charge in [-0.3, -0.25) is 9.59 Å². The molecule has 26 heavy (non-hydrogen) atoms. The Morgan fingerprint density at radius 1 is 1.08 bits per heavy atom. The molecule has 1 N–H and O–H groups in total. The van der Waals surface area contributed by atoms with Crippen molar-refractivity contribution in [2.24, 2.45) is 0 Å². The van der Waals surface area contributed by atoms with E-state index in [4.69, 9.17) is 0 Å². The van der Waals surface area contributed by atoms with E-state index in [-0.39, 0.29) is 17.6 Å². The van der Waals surface area contributed by atoms with E-state index in [0.29, 0.717) is 25.2 Å². The molecule has 1 aliphatic heterocycles. The van der Waals surface area contributed by atoms with Gasteiger partial charge in [0.1, 0.15) is 11.6 Å². The summed E-state index contributed by atoms with van der Waals surface area (Å²) >= 11 is 0. The van der Waals surface area contributed by atoms with Gasteiger partial charge in [-0.1, -0.05) is 12.1 Å². The van der Waals surface area contributed by atoms with Gasteiger partial charge >= 0.3 is 0 Å². The van der Waals surface area contributed by atoms with Crippen LogP contribution in [0.2, 0.25) is 0 Å². The van der Waals surface area contributed by atoms with E-state index in [1.54, 1.807) is 31.3 Å². The van der Waals surface area contributed by atoms with Gasteiger partial charge in [0.25, 0.3) is 5.91 Å². The van der Waals surface area contributed by atoms with Crippen LogP contribution < -0.4 is 10.2 Å². The van der Waals surface area contributed by atoms with Crippen molar-refractivity contribution in [2.75, 3.05) is 31.1 Å². The van der Waals surface area contributed by atoms with Crippen molar-refractivity contribution < 1.29 is 14.0 Å². The van der Waals surface area contributed by atoms with Crippen molar-refractivity contribution in [3.05, 3.63) is 59.5 Å². The number of halogens is 1. The number of piperazine rings is 1. The first-order chi connectivity index (χ1) is 12.5. The van der Waals surface area contributed by atoms with Crippen LogP contribution in [-0.2, 0) is 11.3 Å². The molecule has 1 fully saturated rings. The molecule has 0 aliphatic carbocycles. The molecule has 1 saturated heterocycles. The maximum atomic E-state index is 12.9. The fraction of sp³-hybridized carbons (Fsp3) is 0.316. The molecular weight excluding hydrogens is 335 g/mol. The standard InChI is InChI=1S/C19H21FN4O2/c1-14(25)23-8-10-24(11-9-23)18-7-4-16(13-21-18)19(26)22-12-15-2-5-17(20)6-3-15/h2-7,13H,8-12H2,1H3,(H,22,26). The normalized spacial score (nSPS) is 14.2. The van der Waals surface area contributed by atoms with Crippen molar-refractivity contribution in [1.82, 2.24) is 15.2 Å². The topological polar surface area (TPSA) is 65.5 Å². The van der Waals surface area contributed by atoms with Gasteiger partial charge in [0, 0.05) is 45.8 Å². The van der Waals surface area contributed by atoms with E-state index in [2.05, 4.69) is 15.2 Å². The number of rotatable bonds is 4. The zero-order valence-electron chi connectivity index (χ0n) is 14.6. The minimum atomic E-state index is -0.302. The molecule has 0 bridgehead atoms. The van der Waals surface area contributed by atoms with E-state index in [0.717, 1.165) is 24.5 Å². The number of anilines is 1. The van der Waals surface area contributed by atoms with Crippen LogP contribution in [0.15, 0.2) is 42.6 Å². The van der Waals surface area contributed by atoms with Gasteiger partial charge in [0.2, 0.25) is 5.91 Å². The number of hydrogen-bond donors (Lipinski definition) is 1. The highest BCUT2D eigenvalue weighted by molar-refractivity contribution is 5.94. The second-order valence-corrected chi connectivity index (χ2v) is 6.21. The first-order valence-electron chi connectivity index (χ1n) is 8.52. The highest BCUT2D eigenvalue weighted by Gasteiger charge is 2.19. The average Bonchev–Trinajstić information content (AvgIpc) is 2.67. The van der Waals surface area contributed by atoms with Crippen LogP contribution in [0.5, 0.6) is 0 Å². The molecule has 136 valence electrons. The molecule has 0 spiro atoms. The Bertz CT molecular complexity index is 769. The predicted octanol–water partition coefficient (Wildman–Crippen LogP) is 1.82. The van der Waals surface area contributed by atoms with Crippen LogP contribution in [0.1, 0.15) is 22.8 Å². The van der Waals surface area contributed by atoms with Gasteiger partial charge in [-0.05, 0) is 29.8 Å². The third-order valence-corrected chi connectivity index (χ3v) is 4.43. The van der Waals surface area contributed by atoms with E-state index < -0.39 is 0 Å². The summed E-state index contributed by atoms with van der Waals surface area (Å²) in [7, 11) is 0. The largest absolute Gasteiger partial charge is 0.353 e. The van der Waals surface area contributed by atoms with E-state index >= 15 is 0 Å². The van der Waals surface area contributed by atoms with Crippen LogP contribution in [-0.4, -0.2) is 47.9 Å². The predicted molar refractivity (Wildman–Crippen MR) is 96.3 cm³/mol. The van der Waals surface area contributed by atoms with Crippen molar-refractivity contribution in [1.29, 1.82) is 0 Å². The molecule has 6 nitrogen and oxygen atoms in total. The summed E-state index contributed by atoms with van der Waals surface area (Å²) in [5, 5.41) is 2.79. The average molecular weight is 356 g/mol. The fourth-order valence-corrected chi connectivity index (χ4v) is 2.84. The lowest BCUT2D eigenvalue weighted by atomic mass is 10.2. The number of carbonyl (C=O) groups is 2. The van der Waals surface area contributed by atoms with Gasteiger partial charge in [-0.25, -0.2) is 9.37 Å². The molecule has 0 atom stereocenters.